The third kappa shape index (κ3) is 2.99. The molecule has 0 amide bonds. The van der Waals surface area contributed by atoms with Crippen molar-refractivity contribution in [1.82, 2.24) is 4.90 Å². The Balaban J connectivity index is 1.96. The zero-order valence-electron chi connectivity index (χ0n) is 10.6. The first-order valence-electron chi connectivity index (χ1n) is 6.32. The molecule has 0 radical (unpaired) electrons. The highest BCUT2D eigenvalue weighted by molar-refractivity contribution is 5.41. The summed E-state index contributed by atoms with van der Waals surface area (Å²) in [4.78, 5) is 2.34. The molecule has 0 bridgehead atoms. The Morgan fingerprint density at radius 1 is 1.35 bits per heavy atom. The van der Waals surface area contributed by atoms with Crippen LogP contribution in [0.2, 0.25) is 0 Å². The lowest BCUT2D eigenvalue weighted by Crippen LogP contribution is -2.26. The highest BCUT2D eigenvalue weighted by Gasteiger charge is 2.27. The van der Waals surface area contributed by atoms with Gasteiger partial charge in [-0.2, -0.15) is 0 Å². The molecule has 3 N–H and O–H groups in total. The molecule has 0 saturated carbocycles. The first-order chi connectivity index (χ1) is 8.06. The fourth-order valence-electron chi connectivity index (χ4n) is 2.51. The first kappa shape index (κ1) is 12.4. The summed E-state index contributed by atoms with van der Waals surface area (Å²) in [6.07, 6.45) is -0.434. The third-order valence-corrected chi connectivity index (χ3v) is 3.79. The van der Waals surface area contributed by atoms with Crippen molar-refractivity contribution in [2.45, 2.75) is 20.0 Å². The van der Waals surface area contributed by atoms with Gasteiger partial charge in [-0.05, 0) is 29.5 Å². The van der Waals surface area contributed by atoms with E-state index in [9.17, 15) is 5.11 Å². The topological polar surface area (TPSA) is 49.5 Å². The second-order valence-corrected chi connectivity index (χ2v) is 5.36. The van der Waals surface area contributed by atoms with Crippen LogP contribution >= 0.6 is 0 Å². The Hall–Kier alpha value is -1.06. The van der Waals surface area contributed by atoms with E-state index in [0.29, 0.717) is 12.2 Å². The van der Waals surface area contributed by atoms with Crippen molar-refractivity contribution < 1.29 is 5.11 Å². The summed E-state index contributed by atoms with van der Waals surface area (Å²) in [5.41, 5.74) is 7.35. The summed E-state index contributed by atoms with van der Waals surface area (Å²) < 4.78 is 0. The van der Waals surface area contributed by atoms with Gasteiger partial charge < -0.3 is 10.8 Å². The standard InChI is InChI=1S/C14H22N2O/c1-10-7-16(8-11(10)2)9-14(17)12-4-3-5-13(15)6-12/h3-6,10-11,14,17H,7-9,15H2,1-2H3. The molecule has 3 atom stereocenters. The number of hydrogen-bond acceptors (Lipinski definition) is 3. The quantitative estimate of drug-likeness (QED) is 0.785. The summed E-state index contributed by atoms with van der Waals surface area (Å²) in [6, 6.07) is 7.52. The van der Waals surface area contributed by atoms with Crippen molar-refractivity contribution >= 4 is 5.69 Å². The van der Waals surface area contributed by atoms with E-state index >= 15 is 0 Å². The van der Waals surface area contributed by atoms with Gasteiger partial charge in [-0.3, -0.25) is 4.90 Å². The molecule has 3 nitrogen and oxygen atoms in total. The maximum Gasteiger partial charge on any atom is 0.0917 e. The van der Waals surface area contributed by atoms with Gasteiger partial charge in [0.1, 0.15) is 0 Å². The van der Waals surface area contributed by atoms with Crippen LogP contribution in [0.15, 0.2) is 24.3 Å². The van der Waals surface area contributed by atoms with Crippen LogP contribution in [0.4, 0.5) is 5.69 Å². The molecule has 1 aromatic carbocycles. The maximum absolute atomic E-state index is 10.2. The van der Waals surface area contributed by atoms with E-state index in [1.807, 2.05) is 24.3 Å². The van der Waals surface area contributed by atoms with Crippen LogP contribution in [0.25, 0.3) is 0 Å². The van der Waals surface area contributed by atoms with Gasteiger partial charge in [0, 0.05) is 25.3 Å². The largest absolute Gasteiger partial charge is 0.399 e. The normalized spacial score (nSPS) is 27.2. The SMILES string of the molecule is CC1CN(CC(O)c2cccc(N)c2)CC1C. The van der Waals surface area contributed by atoms with Gasteiger partial charge in [-0.1, -0.05) is 26.0 Å². The van der Waals surface area contributed by atoms with Crippen molar-refractivity contribution in [2.24, 2.45) is 11.8 Å². The Labute approximate surface area is 103 Å². The predicted octanol–water partition coefficient (Wildman–Crippen LogP) is 1.89. The van der Waals surface area contributed by atoms with Crippen LogP contribution in [0, 0.1) is 11.8 Å². The van der Waals surface area contributed by atoms with E-state index in [-0.39, 0.29) is 0 Å². The summed E-state index contributed by atoms with van der Waals surface area (Å²) in [5, 5.41) is 10.2. The molecule has 1 aliphatic rings. The number of aliphatic hydroxyl groups is 1. The fraction of sp³-hybridized carbons (Fsp3) is 0.571. The number of nitrogens with zero attached hydrogens (tertiary/aromatic N) is 1. The highest BCUT2D eigenvalue weighted by atomic mass is 16.3. The van der Waals surface area contributed by atoms with Crippen molar-refractivity contribution in [2.75, 3.05) is 25.4 Å². The van der Waals surface area contributed by atoms with Crippen LogP contribution < -0.4 is 5.73 Å². The Kier molecular flexibility index (Phi) is 3.69. The first-order valence-corrected chi connectivity index (χ1v) is 6.32. The number of aliphatic hydroxyl groups excluding tert-OH is 1. The fourth-order valence-corrected chi connectivity index (χ4v) is 2.51. The number of likely N-dealkylation sites (tertiary alicyclic amines) is 1. The van der Waals surface area contributed by atoms with E-state index in [0.717, 1.165) is 30.5 Å². The van der Waals surface area contributed by atoms with Gasteiger partial charge in [0.25, 0.3) is 0 Å². The Morgan fingerprint density at radius 2 is 2.00 bits per heavy atom. The van der Waals surface area contributed by atoms with Crippen LogP contribution in [0.3, 0.4) is 0 Å². The Morgan fingerprint density at radius 3 is 2.59 bits per heavy atom. The minimum absolute atomic E-state index is 0.434. The van der Waals surface area contributed by atoms with Crippen molar-refractivity contribution in [1.29, 1.82) is 0 Å². The Bertz CT molecular complexity index is 370. The zero-order chi connectivity index (χ0) is 12.4. The molecule has 1 fully saturated rings. The molecule has 0 spiro atoms. The summed E-state index contributed by atoms with van der Waals surface area (Å²) in [7, 11) is 0. The predicted molar refractivity (Wildman–Crippen MR) is 70.6 cm³/mol. The van der Waals surface area contributed by atoms with Gasteiger partial charge >= 0.3 is 0 Å². The summed E-state index contributed by atoms with van der Waals surface area (Å²) in [6.45, 7) is 7.42. The number of benzene rings is 1. The van der Waals surface area contributed by atoms with Gasteiger partial charge in [0.2, 0.25) is 0 Å². The molecular formula is C14H22N2O. The van der Waals surface area contributed by atoms with Crippen LogP contribution in [0.5, 0.6) is 0 Å². The molecule has 17 heavy (non-hydrogen) atoms. The number of rotatable bonds is 3. The number of nitrogens with two attached hydrogens (primary N) is 1. The molecule has 3 unspecified atom stereocenters. The van der Waals surface area contributed by atoms with Crippen LogP contribution in [-0.4, -0.2) is 29.6 Å². The molecule has 0 aromatic heterocycles. The van der Waals surface area contributed by atoms with E-state index in [4.69, 9.17) is 5.73 Å². The molecule has 3 heteroatoms. The lowest BCUT2D eigenvalue weighted by atomic mass is 10.0. The lowest BCUT2D eigenvalue weighted by Gasteiger charge is -2.20. The van der Waals surface area contributed by atoms with Gasteiger partial charge in [-0.15, -0.1) is 0 Å². The highest BCUT2D eigenvalue weighted by Crippen LogP contribution is 2.25. The summed E-state index contributed by atoms with van der Waals surface area (Å²) >= 11 is 0. The average Bonchev–Trinajstić information content (AvgIpc) is 2.58. The number of β-amino-alcohol motifs (C(OH)–C–C–N with tert-alkyl or cyclic N) is 1. The maximum atomic E-state index is 10.2. The minimum Gasteiger partial charge on any atom is -0.399 e. The van der Waals surface area contributed by atoms with Gasteiger partial charge in [0.15, 0.2) is 0 Å². The smallest absolute Gasteiger partial charge is 0.0917 e. The lowest BCUT2D eigenvalue weighted by molar-refractivity contribution is 0.123. The number of nitrogen functional groups attached to an aromatic ring is 1. The molecule has 1 saturated heterocycles. The van der Waals surface area contributed by atoms with Crippen LogP contribution in [0.1, 0.15) is 25.5 Å². The van der Waals surface area contributed by atoms with Crippen molar-refractivity contribution in [3.8, 4) is 0 Å². The molecule has 0 aliphatic carbocycles. The van der Waals surface area contributed by atoms with E-state index in [1.165, 1.54) is 0 Å². The second kappa shape index (κ2) is 5.07. The van der Waals surface area contributed by atoms with E-state index in [2.05, 4.69) is 18.7 Å². The molecule has 1 heterocycles. The van der Waals surface area contributed by atoms with E-state index in [1.54, 1.807) is 0 Å². The number of hydrogen-bond donors (Lipinski definition) is 2. The van der Waals surface area contributed by atoms with E-state index < -0.39 is 6.10 Å². The molecular weight excluding hydrogens is 212 g/mol. The van der Waals surface area contributed by atoms with Crippen molar-refractivity contribution in [3.05, 3.63) is 29.8 Å². The van der Waals surface area contributed by atoms with Crippen LogP contribution in [-0.2, 0) is 0 Å². The van der Waals surface area contributed by atoms with Gasteiger partial charge in [0.05, 0.1) is 6.10 Å². The molecule has 1 aliphatic heterocycles. The molecule has 1 aromatic rings. The second-order valence-electron chi connectivity index (χ2n) is 5.36. The zero-order valence-corrected chi connectivity index (χ0v) is 10.6. The van der Waals surface area contributed by atoms with Crippen molar-refractivity contribution in [3.63, 3.8) is 0 Å². The minimum atomic E-state index is -0.434. The monoisotopic (exact) mass is 234 g/mol. The average molecular weight is 234 g/mol. The summed E-state index contributed by atoms with van der Waals surface area (Å²) in [5.74, 6) is 1.45. The third-order valence-electron chi connectivity index (χ3n) is 3.79. The van der Waals surface area contributed by atoms with Gasteiger partial charge in [-0.25, -0.2) is 0 Å². The molecule has 2 rings (SSSR count). The number of anilines is 1. The molecule has 94 valence electrons.